The minimum atomic E-state index is -0.430. The second kappa shape index (κ2) is 6.71. The second-order valence-electron chi connectivity index (χ2n) is 4.48. The first kappa shape index (κ1) is 15.5. The molecule has 2 rings (SSSR count). The van der Waals surface area contributed by atoms with Crippen molar-refractivity contribution in [2.24, 2.45) is 0 Å². The van der Waals surface area contributed by atoms with Crippen molar-refractivity contribution in [2.75, 3.05) is 32.4 Å². The molecule has 0 unspecified atom stereocenters. The van der Waals surface area contributed by atoms with Crippen molar-refractivity contribution in [2.45, 2.75) is 0 Å². The predicted octanol–water partition coefficient (Wildman–Crippen LogP) is 2.82. The molecule has 0 bridgehead atoms. The zero-order valence-electron chi connectivity index (χ0n) is 12.7. The number of esters is 1. The third-order valence-electron chi connectivity index (χ3n) is 3.15. The first-order chi connectivity index (χ1) is 10.6. The minimum Gasteiger partial charge on any atom is -0.497 e. The first-order valence-corrected chi connectivity index (χ1v) is 6.56. The Morgan fingerprint density at radius 2 is 1.73 bits per heavy atom. The molecule has 0 radical (unpaired) electrons. The number of nitrogen functional groups attached to an aromatic ring is 1. The molecule has 0 fully saturated rings. The maximum atomic E-state index is 11.5. The van der Waals surface area contributed by atoms with Gasteiger partial charge in [0.05, 0.1) is 44.0 Å². The molecule has 6 nitrogen and oxygen atoms in total. The molecule has 22 heavy (non-hydrogen) atoms. The van der Waals surface area contributed by atoms with Crippen LogP contribution in [0, 0.1) is 0 Å². The van der Waals surface area contributed by atoms with Gasteiger partial charge in [-0.05, 0) is 30.3 Å². The first-order valence-electron chi connectivity index (χ1n) is 6.56. The van der Waals surface area contributed by atoms with Crippen molar-refractivity contribution < 1.29 is 19.0 Å². The molecule has 3 N–H and O–H groups in total. The van der Waals surface area contributed by atoms with E-state index in [2.05, 4.69) is 10.1 Å². The summed E-state index contributed by atoms with van der Waals surface area (Å²) in [5.41, 5.74) is 8.20. The van der Waals surface area contributed by atoms with Gasteiger partial charge >= 0.3 is 5.97 Å². The molecule has 0 amide bonds. The maximum absolute atomic E-state index is 11.5. The van der Waals surface area contributed by atoms with Crippen LogP contribution in [0.5, 0.6) is 11.5 Å². The number of hydrogen-bond donors (Lipinski definition) is 2. The average molecular weight is 302 g/mol. The molecule has 0 heterocycles. The molecule has 116 valence electrons. The average Bonchev–Trinajstić information content (AvgIpc) is 2.56. The summed E-state index contributed by atoms with van der Waals surface area (Å²) >= 11 is 0. The molecule has 0 saturated heterocycles. The van der Waals surface area contributed by atoms with Crippen LogP contribution < -0.4 is 20.5 Å². The molecular weight excluding hydrogens is 284 g/mol. The standard InChI is InChI=1S/C16H18N2O4/c1-20-11-5-7-14(15(9-11)21-2)18-13-6-4-10(8-12(13)17)16(19)22-3/h4-9,18H,17H2,1-3H3. The highest BCUT2D eigenvalue weighted by atomic mass is 16.5. The van der Waals surface area contributed by atoms with Crippen LogP contribution in [-0.4, -0.2) is 27.3 Å². The third-order valence-corrected chi connectivity index (χ3v) is 3.15. The fourth-order valence-corrected chi connectivity index (χ4v) is 1.97. The maximum Gasteiger partial charge on any atom is 0.337 e. The number of nitrogens with two attached hydrogens (primary N) is 1. The lowest BCUT2D eigenvalue weighted by molar-refractivity contribution is 0.0601. The summed E-state index contributed by atoms with van der Waals surface area (Å²) in [7, 11) is 4.49. The van der Waals surface area contributed by atoms with Crippen LogP contribution >= 0.6 is 0 Å². The number of nitrogens with one attached hydrogen (secondary N) is 1. The molecule has 6 heteroatoms. The fourth-order valence-electron chi connectivity index (χ4n) is 1.97. The molecule has 0 aromatic heterocycles. The Balaban J connectivity index is 2.29. The number of carbonyl (C=O) groups excluding carboxylic acids is 1. The number of ether oxygens (including phenoxy) is 3. The van der Waals surface area contributed by atoms with Crippen molar-refractivity contribution >= 4 is 23.0 Å². The van der Waals surface area contributed by atoms with Gasteiger partial charge in [-0.1, -0.05) is 0 Å². The van der Waals surface area contributed by atoms with E-state index in [0.717, 1.165) is 5.69 Å². The Morgan fingerprint density at radius 1 is 1.00 bits per heavy atom. The van der Waals surface area contributed by atoms with Crippen LogP contribution in [-0.2, 0) is 4.74 Å². The number of anilines is 3. The van der Waals surface area contributed by atoms with Gasteiger partial charge in [0, 0.05) is 6.07 Å². The van der Waals surface area contributed by atoms with Crippen molar-refractivity contribution in [3.63, 3.8) is 0 Å². The molecule has 0 spiro atoms. The van der Waals surface area contributed by atoms with Gasteiger partial charge in [0.2, 0.25) is 0 Å². The SMILES string of the molecule is COC(=O)c1ccc(Nc2ccc(OC)cc2OC)c(N)c1. The smallest absolute Gasteiger partial charge is 0.337 e. The fraction of sp³-hybridized carbons (Fsp3) is 0.188. The molecular formula is C16H18N2O4. The molecule has 0 aliphatic heterocycles. The number of rotatable bonds is 5. The summed E-state index contributed by atoms with van der Waals surface area (Å²) < 4.78 is 15.1. The largest absolute Gasteiger partial charge is 0.497 e. The van der Waals surface area contributed by atoms with E-state index in [1.165, 1.54) is 7.11 Å². The molecule has 0 aliphatic rings. The Morgan fingerprint density at radius 3 is 2.32 bits per heavy atom. The van der Waals surface area contributed by atoms with E-state index >= 15 is 0 Å². The summed E-state index contributed by atoms with van der Waals surface area (Å²) in [6.07, 6.45) is 0. The van der Waals surface area contributed by atoms with Crippen LogP contribution in [0.25, 0.3) is 0 Å². The van der Waals surface area contributed by atoms with Crippen molar-refractivity contribution in [1.82, 2.24) is 0 Å². The lowest BCUT2D eigenvalue weighted by atomic mass is 10.1. The number of benzene rings is 2. The van der Waals surface area contributed by atoms with E-state index in [4.69, 9.17) is 15.2 Å². The van der Waals surface area contributed by atoms with Crippen LogP contribution in [0.1, 0.15) is 10.4 Å². The summed E-state index contributed by atoms with van der Waals surface area (Å²) in [4.78, 5) is 11.5. The van der Waals surface area contributed by atoms with Crippen LogP contribution in [0.15, 0.2) is 36.4 Å². The molecule has 2 aromatic carbocycles. The van der Waals surface area contributed by atoms with Gasteiger partial charge in [0.15, 0.2) is 0 Å². The van der Waals surface area contributed by atoms with E-state index in [1.807, 2.05) is 12.1 Å². The molecule has 0 saturated carbocycles. The van der Waals surface area contributed by atoms with Gasteiger partial charge in [0.25, 0.3) is 0 Å². The van der Waals surface area contributed by atoms with Crippen LogP contribution in [0.3, 0.4) is 0 Å². The zero-order chi connectivity index (χ0) is 16.1. The normalized spacial score (nSPS) is 9.95. The zero-order valence-corrected chi connectivity index (χ0v) is 12.7. The van der Waals surface area contributed by atoms with Crippen LogP contribution in [0.4, 0.5) is 17.1 Å². The van der Waals surface area contributed by atoms with Gasteiger partial charge in [0.1, 0.15) is 11.5 Å². The Hall–Kier alpha value is -2.89. The van der Waals surface area contributed by atoms with Crippen molar-refractivity contribution in [3.05, 3.63) is 42.0 Å². The van der Waals surface area contributed by atoms with Crippen LogP contribution in [0.2, 0.25) is 0 Å². The summed E-state index contributed by atoms with van der Waals surface area (Å²) in [6.45, 7) is 0. The number of methoxy groups -OCH3 is 3. The van der Waals surface area contributed by atoms with E-state index < -0.39 is 5.97 Å². The van der Waals surface area contributed by atoms with E-state index in [0.29, 0.717) is 28.4 Å². The summed E-state index contributed by atoms with van der Waals surface area (Å²) in [5, 5.41) is 3.17. The van der Waals surface area contributed by atoms with Gasteiger partial charge in [-0.25, -0.2) is 4.79 Å². The summed E-state index contributed by atoms with van der Waals surface area (Å²) in [5.74, 6) is 0.882. The molecule has 2 aromatic rings. The highest BCUT2D eigenvalue weighted by Crippen LogP contribution is 2.33. The molecule has 0 aliphatic carbocycles. The van der Waals surface area contributed by atoms with Crippen molar-refractivity contribution in [1.29, 1.82) is 0 Å². The monoisotopic (exact) mass is 302 g/mol. The van der Waals surface area contributed by atoms with E-state index in [1.54, 1.807) is 38.5 Å². The second-order valence-corrected chi connectivity index (χ2v) is 4.48. The Kier molecular flexibility index (Phi) is 4.73. The predicted molar refractivity (Wildman–Crippen MR) is 85.0 cm³/mol. The van der Waals surface area contributed by atoms with Gasteiger partial charge in [-0.2, -0.15) is 0 Å². The van der Waals surface area contributed by atoms with E-state index in [9.17, 15) is 4.79 Å². The topological polar surface area (TPSA) is 82.8 Å². The Labute approximate surface area is 128 Å². The number of hydrogen-bond acceptors (Lipinski definition) is 6. The minimum absolute atomic E-state index is 0.396. The van der Waals surface area contributed by atoms with E-state index in [-0.39, 0.29) is 0 Å². The Bertz CT molecular complexity index is 686. The highest BCUT2D eigenvalue weighted by molar-refractivity contribution is 5.92. The van der Waals surface area contributed by atoms with Gasteiger partial charge in [-0.15, -0.1) is 0 Å². The van der Waals surface area contributed by atoms with Gasteiger partial charge < -0.3 is 25.3 Å². The van der Waals surface area contributed by atoms with Gasteiger partial charge in [-0.3, -0.25) is 0 Å². The third kappa shape index (κ3) is 3.22. The quantitative estimate of drug-likeness (QED) is 0.653. The molecule has 0 atom stereocenters. The lowest BCUT2D eigenvalue weighted by Crippen LogP contribution is -2.04. The highest BCUT2D eigenvalue weighted by Gasteiger charge is 2.10. The summed E-state index contributed by atoms with van der Waals surface area (Å²) in [6, 6.07) is 10.3. The van der Waals surface area contributed by atoms with Crippen molar-refractivity contribution in [3.8, 4) is 11.5 Å². The number of carbonyl (C=O) groups is 1. The lowest BCUT2D eigenvalue weighted by Gasteiger charge is -2.14.